The van der Waals surface area contributed by atoms with Gasteiger partial charge in [0.1, 0.15) is 17.4 Å². The van der Waals surface area contributed by atoms with Crippen LogP contribution in [0.4, 0.5) is 8.78 Å². The summed E-state index contributed by atoms with van der Waals surface area (Å²) in [4.78, 5) is 66.5. The van der Waals surface area contributed by atoms with Crippen LogP contribution in [0, 0.1) is 17.3 Å². The molecule has 1 N–H and O–H groups in total. The van der Waals surface area contributed by atoms with Gasteiger partial charge in [0.05, 0.1) is 40.7 Å². The summed E-state index contributed by atoms with van der Waals surface area (Å²) in [5.74, 6) is -7.27. The summed E-state index contributed by atoms with van der Waals surface area (Å²) in [6.07, 6.45) is -0.270. The number of amides is 2. The molecule has 2 aliphatic carbocycles. The van der Waals surface area contributed by atoms with Crippen LogP contribution in [0.15, 0.2) is 24.3 Å². The number of benzene rings is 1. The maximum atomic E-state index is 15.4. The van der Waals surface area contributed by atoms with Crippen molar-refractivity contribution in [2.24, 2.45) is 17.3 Å². The fourth-order valence-electron chi connectivity index (χ4n) is 7.82. The Morgan fingerprint density at radius 3 is 2.38 bits per heavy atom. The molecule has 2 saturated heterocycles. The lowest BCUT2D eigenvalue weighted by molar-refractivity contribution is -0.159. The summed E-state index contributed by atoms with van der Waals surface area (Å²) in [7, 11) is -4.02. The molecule has 6 rings (SSSR count). The summed E-state index contributed by atoms with van der Waals surface area (Å²) in [6.45, 7) is 7.02. The Morgan fingerprint density at radius 2 is 1.72 bits per heavy atom. The number of esters is 1. The van der Waals surface area contributed by atoms with Crippen molar-refractivity contribution in [3.8, 4) is 5.88 Å². The van der Waals surface area contributed by atoms with Gasteiger partial charge < -0.3 is 14.4 Å². The number of aryl methyl sites for hydroxylation is 1. The van der Waals surface area contributed by atoms with Gasteiger partial charge >= 0.3 is 5.97 Å². The van der Waals surface area contributed by atoms with Gasteiger partial charge in [-0.05, 0) is 77.3 Å². The van der Waals surface area contributed by atoms with Crippen LogP contribution in [0.5, 0.6) is 5.88 Å². The van der Waals surface area contributed by atoms with Crippen molar-refractivity contribution in [2.45, 2.75) is 140 Å². The highest BCUT2D eigenvalue weighted by Gasteiger charge is 2.64. The average Bonchev–Trinajstić information content (AvgIpc) is 3.99. The Balaban J connectivity index is 1.33. The zero-order chi connectivity index (χ0) is 38.3. The minimum atomic E-state index is -4.02. The summed E-state index contributed by atoms with van der Waals surface area (Å²) in [5.41, 5.74) is -0.601. The van der Waals surface area contributed by atoms with Gasteiger partial charge in [-0.15, -0.1) is 0 Å². The molecular formula is C38H50F2N4O8S. The molecule has 3 heterocycles. The number of carbonyl (C=O) groups excluding carboxylic acids is 4. The van der Waals surface area contributed by atoms with Gasteiger partial charge in [-0.3, -0.25) is 23.9 Å². The molecule has 2 amide bonds. The first-order valence-electron chi connectivity index (χ1n) is 18.8. The van der Waals surface area contributed by atoms with Crippen LogP contribution in [-0.2, 0) is 40.4 Å². The summed E-state index contributed by atoms with van der Waals surface area (Å²) in [6, 6.07) is 6.19. The van der Waals surface area contributed by atoms with E-state index in [-0.39, 0.29) is 44.5 Å². The van der Waals surface area contributed by atoms with Gasteiger partial charge in [0, 0.05) is 31.6 Å². The average molecular weight is 761 g/mol. The number of ether oxygens (including phenoxy) is 2. The van der Waals surface area contributed by atoms with E-state index >= 15 is 8.78 Å². The largest absolute Gasteiger partial charge is 0.471 e. The first-order chi connectivity index (χ1) is 24.9. The van der Waals surface area contributed by atoms with Gasteiger partial charge in [0.15, 0.2) is 5.78 Å². The van der Waals surface area contributed by atoms with Gasteiger partial charge in [0.25, 0.3) is 0 Å². The maximum Gasteiger partial charge on any atom is 0.307 e. The highest BCUT2D eigenvalue weighted by Crippen LogP contribution is 2.60. The van der Waals surface area contributed by atoms with Crippen LogP contribution in [0.25, 0.3) is 11.0 Å². The minimum absolute atomic E-state index is 0.0142. The van der Waals surface area contributed by atoms with Crippen LogP contribution in [0.1, 0.15) is 110 Å². The molecule has 290 valence electrons. The second-order valence-electron chi connectivity index (χ2n) is 16.3. The zero-order valence-electron chi connectivity index (χ0n) is 30.9. The third-order valence-electron chi connectivity index (χ3n) is 10.8. The number of ketones is 1. The monoisotopic (exact) mass is 760 g/mol. The van der Waals surface area contributed by atoms with Crippen molar-refractivity contribution in [1.29, 1.82) is 0 Å². The normalized spacial score (nSPS) is 28.3. The Bertz CT molecular complexity index is 1860. The molecule has 1 aromatic carbocycles. The lowest BCUT2D eigenvalue weighted by Crippen LogP contribution is -2.46. The second-order valence-corrected chi connectivity index (χ2v) is 18.3. The molecular weight excluding hydrogens is 711 g/mol. The zero-order valence-corrected chi connectivity index (χ0v) is 31.7. The molecule has 2 aromatic rings. The number of carbonyl (C=O) groups is 4. The van der Waals surface area contributed by atoms with Gasteiger partial charge in [-0.1, -0.05) is 31.9 Å². The van der Waals surface area contributed by atoms with E-state index in [1.807, 2.05) is 25.1 Å². The highest BCUT2D eigenvalue weighted by atomic mass is 32.2. The maximum absolute atomic E-state index is 15.4. The van der Waals surface area contributed by atoms with E-state index < -0.39 is 99.0 Å². The van der Waals surface area contributed by atoms with Crippen LogP contribution >= 0.6 is 0 Å². The molecule has 5 atom stereocenters. The number of Topliss-reactive ketones (excluding diaryl/α,β-unsaturated/α-hetero) is 1. The topological polar surface area (TPSA) is 162 Å². The van der Waals surface area contributed by atoms with Crippen molar-refractivity contribution < 1.29 is 45.9 Å². The number of para-hydroxylation sites is 2. The molecule has 2 aliphatic heterocycles. The molecule has 15 heteroatoms. The molecule has 2 saturated carbocycles. The molecule has 4 aliphatic rings. The number of fused-ring (bicyclic) bond motifs is 3. The van der Waals surface area contributed by atoms with Gasteiger partial charge in [-0.2, -0.15) is 0 Å². The van der Waals surface area contributed by atoms with Crippen LogP contribution in [0.3, 0.4) is 0 Å². The fourth-order valence-corrected chi connectivity index (χ4v) is 9.21. The summed E-state index contributed by atoms with van der Waals surface area (Å²) in [5, 5.41) is -0.728. The number of hydrogen-bond acceptors (Lipinski definition) is 10. The predicted octanol–water partition coefficient (Wildman–Crippen LogP) is 5.45. The smallest absolute Gasteiger partial charge is 0.307 e. The van der Waals surface area contributed by atoms with Crippen molar-refractivity contribution in [3.63, 3.8) is 0 Å². The molecule has 0 bridgehead atoms. The van der Waals surface area contributed by atoms with E-state index in [1.165, 1.54) is 4.90 Å². The summed E-state index contributed by atoms with van der Waals surface area (Å²) < 4.78 is 70.4. The predicted molar refractivity (Wildman–Crippen MR) is 190 cm³/mol. The van der Waals surface area contributed by atoms with Crippen molar-refractivity contribution in [1.82, 2.24) is 19.6 Å². The van der Waals surface area contributed by atoms with Gasteiger partial charge in [-0.25, -0.2) is 27.2 Å². The number of rotatable bonds is 8. The van der Waals surface area contributed by atoms with Crippen molar-refractivity contribution >= 4 is 44.6 Å². The number of hydrogen-bond donors (Lipinski definition) is 1. The summed E-state index contributed by atoms with van der Waals surface area (Å²) >= 11 is 0. The number of nitrogens with zero attached hydrogens (tertiary/aromatic N) is 3. The van der Waals surface area contributed by atoms with Crippen LogP contribution in [-0.4, -0.2) is 82.3 Å². The highest BCUT2D eigenvalue weighted by molar-refractivity contribution is 7.90. The lowest BCUT2D eigenvalue weighted by Gasteiger charge is -2.29. The first kappa shape index (κ1) is 39.0. The SMILES string of the molecule is CCc1nc2ccccc2nc1O[C@@H]1C[C@H]2C(=O)C[C@]3(C(=O)NS(=O)(=O)C4CC4)C[C@H]3CC(F)(F)CCCCC[C@H](CC(=O)OC(C)(C)C)C(=O)N2C1. The molecule has 1 aromatic heterocycles. The third-order valence-corrected chi connectivity index (χ3v) is 12.7. The Labute approximate surface area is 309 Å². The van der Waals surface area contributed by atoms with E-state index in [1.54, 1.807) is 26.8 Å². The lowest BCUT2D eigenvalue weighted by atomic mass is 9.89. The van der Waals surface area contributed by atoms with Crippen LogP contribution in [0.2, 0.25) is 0 Å². The molecule has 0 spiro atoms. The number of aromatic nitrogens is 2. The van der Waals surface area contributed by atoms with E-state index in [0.717, 1.165) is 0 Å². The number of halogens is 2. The fraction of sp³-hybridized carbons (Fsp3) is 0.684. The second kappa shape index (κ2) is 14.8. The van der Waals surface area contributed by atoms with E-state index in [2.05, 4.69) is 9.71 Å². The quantitative estimate of drug-likeness (QED) is 0.343. The van der Waals surface area contributed by atoms with E-state index in [9.17, 15) is 27.6 Å². The number of alkyl halides is 2. The Kier molecular flexibility index (Phi) is 10.9. The third kappa shape index (κ3) is 9.14. The van der Waals surface area contributed by atoms with Crippen molar-refractivity contribution in [2.75, 3.05) is 6.54 Å². The Morgan fingerprint density at radius 1 is 1.02 bits per heavy atom. The minimum Gasteiger partial charge on any atom is -0.471 e. The van der Waals surface area contributed by atoms with Gasteiger partial charge in [0.2, 0.25) is 33.6 Å². The molecule has 53 heavy (non-hydrogen) atoms. The molecule has 0 unspecified atom stereocenters. The molecule has 4 fully saturated rings. The first-order valence-corrected chi connectivity index (χ1v) is 20.4. The standard InChI is InChI=1S/C38H50F2N4O8S/c1-5-27-33(42-29-13-9-8-12-28(29)41-27)51-25-18-30-31(45)21-37(35(48)43-53(49,50)26-14-15-26)19-24(37)20-38(39,40)16-10-6-7-11-23(34(47)44(30)22-25)17-32(46)52-36(2,3)4/h8-9,12-13,23-26,30H,5-7,10-11,14-22H2,1-4H3,(H,43,48)/t23-,24+,25-,30+,37-/m1/s1. The number of nitrogens with one attached hydrogen (secondary N) is 1. The van der Waals surface area contributed by atoms with E-state index in [4.69, 9.17) is 14.5 Å². The number of sulfonamides is 1. The Hall–Kier alpha value is -3.75. The molecule has 0 radical (unpaired) electrons. The molecule has 12 nitrogen and oxygen atoms in total. The van der Waals surface area contributed by atoms with E-state index in [0.29, 0.717) is 48.8 Å². The van der Waals surface area contributed by atoms with Crippen LogP contribution < -0.4 is 9.46 Å². The van der Waals surface area contributed by atoms with Crippen molar-refractivity contribution in [3.05, 3.63) is 30.0 Å².